The molecule has 2 saturated carbocycles. The van der Waals surface area contributed by atoms with Crippen molar-refractivity contribution in [2.45, 2.75) is 130 Å². The van der Waals surface area contributed by atoms with Crippen molar-refractivity contribution < 1.29 is 52.7 Å². The van der Waals surface area contributed by atoms with Crippen LogP contribution in [0.4, 0.5) is 0 Å². The second-order valence-corrected chi connectivity index (χ2v) is 16.4. The van der Waals surface area contributed by atoms with E-state index >= 15 is 0 Å². The summed E-state index contributed by atoms with van der Waals surface area (Å²) in [6.07, 6.45) is 1.88. The highest BCUT2D eigenvalue weighted by Crippen LogP contribution is 2.81. The van der Waals surface area contributed by atoms with E-state index in [1.165, 1.54) is 7.11 Å². The molecule has 1 spiro atoms. The van der Waals surface area contributed by atoms with E-state index in [9.17, 15) is 24.6 Å². The molecule has 1 aromatic heterocycles. The van der Waals surface area contributed by atoms with Gasteiger partial charge in [0, 0.05) is 46.5 Å². The lowest BCUT2D eigenvalue weighted by atomic mass is 9.36. The number of fused-ring (bicyclic) bond motifs is 2. The molecule has 14 atom stereocenters. The fourth-order valence-electron chi connectivity index (χ4n) is 11.0. The topological polar surface area (TPSA) is 151 Å². The molecular weight excluding hydrogens is 620 g/mol. The molecule has 0 amide bonds. The molecule has 4 heterocycles. The number of ether oxygens (including phenoxy) is 5. The molecule has 48 heavy (non-hydrogen) atoms. The van der Waals surface area contributed by atoms with Gasteiger partial charge in [-0.1, -0.05) is 55.4 Å². The Hall–Kier alpha value is -2.47. The van der Waals surface area contributed by atoms with Gasteiger partial charge in [0.15, 0.2) is 12.1 Å². The summed E-state index contributed by atoms with van der Waals surface area (Å²) in [6.45, 7) is 15.4. The molecule has 1 aromatic rings. The molecule has 2 N–H and O–H groups in total. The maximum absolute atomic E-state index is 13.9. The zero-order valence-corrected chi connectivity index (χ0v) is 29.8. The predicted molar refractivity (Wildman–Crippen MR) is 170 cm³/mol. The van der Waals surface area contributed by atoms with Crippen molar-refractivity contribution in [3.8, 4) is 0 Å². The molecule has 6 rings (SSSR count). The molecule has 268 valence electrons. The van der Waals surface area contributed by atoms with Crippen LogP contribution < -0.4 is 0 Å². The van der Waals surface area contributed by atoms with Gasteiger partial charge in [0.1, 0.15) is 17.8 Å². The summed E-state index contributed by atoms with van der Waals surface area (Å²) < 4.78 is 37.1. The van der Waals surface area contributed by atoms with Gasteiger partial charge >= 0.3 is 17.9 Å². The highest BCUT2D eigenvalue weighted by Gasteiger charge is 2.91. The van der Waals surface area contributed by atoms with E-state index < -0.39 is 106 Å². The molecule has 0 radical (unpaired) electrons. The first-order valence-corrected chi connectivity index (χ1v) is 17.7. The van der Waals surface area contributed by atoms with Crippen molar-refractivity contribution in [2.75, 3.05) is 7.11 Å². The van der Waals surface area contributed by atoms with E-state index in [-0.39, 0.29) is 12.8 Å². The monoisotopic (exact) mass is 674 g/mol. The standard InChI is InChI=1S/C37H54O11/c1-10-19(3)31(40)46-29-27-30(47-32(41)20(4)11-2)36-22(35(8,37(27,42)48-36)23(33(29,5)6)16-25(38)43-9)12-14-34(7)24(36)17-26(39)45-28(34)21-13-15-44-18-21/h13,15,18-20,22-24,26-30,39,42H,10-12,14,16-17H2,1-9H3. The number of rotatable bonds is 9. The second kappa shape index (κ2) is 11.8. The number of hydrogen-bond donors (Lipinski definition) is 2. The first-order chi connectivity index (χ1) is 22.5. The number of methoxy groups -OCH3 is 1. The van der Waals surface area contributed by atoms with Crippen LogP contribution in [0.25, 0.3) is 0 Å². The Morgan fingerprint density at radius 2 is 1.62 bits per heavy atom. The quantitative estimate of drug-likeness (QED) is 0.259. The summed E-state index contributed by atoms with van der Waals surface area (Å²) in [7, 11) is 1.34. The minimum atomic E-state index is -1.95. The molecule has 2 bridgehead atoms. The van der Waals surface area contributed by atoms with Crippen LogP contribution in [-0.2, 0) is 38.1 Å². The Morgan fingerprint density at radius 3 is 2.19 bits per heavy atom. The number of furan rings is 1. The van der Waals surface area contributed by atoms with E-state index in [1.54, 1.807) is 26.4 Å². The van der Waals surface area contributed by atoms with Crippen molar-refractivity contribution in [3.63, 3.8) is 0 Å². The normalized spacial score (nSPS) is 45.0. The van der Waals surface area contributed by atoms with Gasteiger partial charge in [-0.05, 0) is 37.7 Å². The zero-order chi connectivity index (χ0) is 35.2. The molecule has 5 fully saturated rings. The van der Waals surface area contributed by atoms with Crippen LogP contribution >= 0.6 is 0 Å². The fraction of sp³-hybridized carbons (Fsp3) is 0.811. The number of esters is 3. The highest BCUT2D eigenvalue weighted by atomic mass is 16.7. The lowest BCUT2D eigenvalue weighted by Crippen LogP contribution is -2.77. The minimum absolute atomic E-state index is 0.0367. The van der Waals surface area contributed by atoms with Crippen molar-refractivity contribution >= 4 is 17.9 Å². The largest absolute Gasteiger partial charge is 0.472 e. The number of carbonyl (C=O) groups excluding carboxylic acids is 3. The van der Waals surface area contributed by atoms with Crippen molar-refractivity contribution in [1.82, 2.24) is 0 Å². The van der Waals surface area contributed by atoms with Gasteiger partial charge in [-0.25, -0.2) is 0 Å². The van der Waals surface area contributed by atoms with Crippen molar-refractivity contribution in [1.29, 1.82) is 0 Å². The summed E-state index contributed by atoms with van der Waals surface area (Å²) in [6, 6.07) is 1.82. The van der Waals surface area contributed by atoms with E-state index in [1.807, 2.05) is 40.7 Å². The van der Waals surface area contributed by atoms with E-state index in [2.05, 4.69) is 6.92 Å². The third kappa shape index (κ3) is 4.55. The highest BCUT2D eigenvalue weighted by molar-refractivity contribution is 5.73. The van der Waals surface area contributed by atoms with Gasteiger partial charge in [0.25, 0.3) is 0 Å². The molecule has 5 aliphatic rings. The SMILES string of the molecule is CCC(C)C(=O)OC1C2C(OC(=O)C(C)CC)C34OC2(O)C(C)(C(CC(=O)OC)C1(C)C)C3CCC1(C)C(c2ccoc2)OC(O)CC14. The molecule has 14 unspecified atom stereocenters. The third-order valence-electron chi connectivity index (χ3n) is 13.9. The van der Waals surface area contributed by atoms with Crippen LogP contribution in [0.3, 0.4) is 0 Å². The maximum atomic E-state index is 13.9. The van der Waals surface area contributed by atoms with Crippen LogP contribution in [0.1, 0.15) is 106 Å². The first kappa shape index (κ1) is 35.4. The molecule has 0 aromatic carbocycles. The zero-order valence-electron chi connectivity index (χ0n) is 29.8. The summed E-state index contributed by atoms with van der Waals surface area (Å²) in [5.41, 5.74) is -3.10. The van der Waals surface area contributed by atoms with Gasteiger partial charge in [-0.2, -0.15) is 0 Å². The van der Waals surface area contributed by atoms with Gasteiger partial charge in [0.05, 0.1) is 43.5 Å². The number of aliphatic hydroxyl groups excluding tert-OH is 1. The second-order valence-electron chi connectivity index (χ2n) is 16.4. The average molecular weight is 675 g/mol. The van der Waals surface area contributed by atoms with Crippen molar-refractivity contribution in [3.05, 3.63) is 24.2 Å². The van der Waals surface area contributed by atoms with Gasteiger partial charge in [0.2, 0.25) is 0 Å². The fourth-order valence-corrected chi connectivity index (χ4v) is 11.0. The minimum Gasteiger partial charge on any atom is -0.472 e. The molecule has 11 nitrogen and oxygen atoms in total. The van der Waals surface area contributed by atoms with Crippen LogP contribution in [0, 0.1) is 51.8 Å². The Balaban J connectivity index is 1.59. The lowest BCUT2D eigenvalue weighted by Gasteiger charge is -2.68. The van der Waals surface area contributed by atoms with Crippen LogP contribution in [0.15, 0.2) is 23.0 Å². The van der Waals surface area contributed by atoms with Gasteiger partial charge in [-0.3, -0.25) is 14.4 Å². The molecule has 3 saturated heterocycles. The van der Waals surface area contributed by atoms with E-state index in [4.69, 9.17) is 28.1 Å². The first-order valence-electron chi connectivity index (χ1n) is 17.7. The average Bonchev–Trinajstić information content (AvgIpc) is 3.72. The molecule has 2 aliphatic carbocycles. The van der Waals surface area contributed by atoms with E-state index in [0.717, 1.165) is 5.56 Å². The summed E-state index contributed by atoms with van der Waals surface area (Å²) in [5.74, 6) is -6.49. The summed E-state index contributed by atoms with van der Waals surface area (Å²) in [5, 5.41) is 24.6. The lowest BCUT2D eigenvalue weighted by molar-refractivity contribution is -0.326. The Labute approximate surface area is 283 Å². The summed E-state index contributed by atoms with van der Waals surface area (Å²) in [4.78, 5) is 40.7. The van der Waals surface area contributed by atoms with Crippen LogP contribution in [-0.4, -0.2) is 65.1 Å². The molecule has 11 heteroatoms. The van der Waals surface area contributed by atoms with E-state index in [0.29, 0.717) is 25.7 Å². The Bertz CT molecular complexity index is 1410. The Kier molecular flexibility index (Phi) is 8.70. The number of aliphatic hydroxyl groups is 2. The number of hydrogen-bond acceptors (Lipinski definition) is 11. The molecule has 3 aliphatic heterocycles. The maximum Gasteiger partial charge on any atom is 0.309 e. The number of carbonyl (C=O) groups is 3. The van der Waals surface area contributed by atoms with Crippen molar-refractivity contribution in [2.24, 2.45) is 51.8 Å². The molecular formula is C37H54O11. The van der Waals surface area contributed by atoms with Crippen LogP contribution in [0.2, 0.25) is 0 Å². The Morgan fingerprint density at radius 1 is 1.00 bits per heavy atom. The van der Waals surface area contributed by atoms with Gasteiger partial charge in [-0.15, -0.1) is 0 Å². The smallest absolute Gasteiger partial charge is 0.309 e. The van der Waals surface area contributed by atoms with Gasteiger partial charge < -0.3 is 38.3 Å². The summed E-state index contributed by atoms with van der Waals surface area (Å²) >= 11 is 0. The predicted octanol–water partition coefficient (Wildman–Crippen LogP) is 5.32. The van der Waals surface area contributed by atoms with Crippen LogP contribution in [0.5, 0.6) is 0 Å². The third-order valence-corrected chi connectivity index (χ3v) is 13.9.